The summed E-state index contributed by atoms with van der Waals surface area (Å²) < 4.78 is 5.71. The molecule has 8 nitrogen and oxygen atoms in total. The first kappa shape index (κ1) is 18.8. The van der Waals surface area contributed by atoms with Gasteiger partial charge in [0.2, 0.25) is 0 Å². The van der Waals surface area contributed by atoms with Gasteiger partial charge < -0.3 is 24.7 Å². The highest BCUT2D eigenvalue weighted by Gasteiger charge is 2.26. The van der Waals surface area contributed by atoms with Crippen LogP contribution in [0, 0.1) is 10.1 Å². The number of carbonyl (C=O) groups excluding carboxylic acids is 1. The van der Waals surface area contributed by atoms with E-state index in [0.29, 0.717) is 32.8 Å². The average Bonchev–Trinajstić information content (AvgIpc) is 2.72. The van der Waals surface area contributed by atoms with Gasteiger partial charge in [0.25, 0.3) is 5.91 Å². The van der Waals surface area contributed by atoms with Crippen LogP contribution in [0.3, 0.4) is 0 Å². The molecule has 0 N–H and O–H groups in total. The largest absolute Gasteiger partial charge is 0.365 e. The van der Waals surface area contributed by atoms with Crippen LogP contribution in [0.25, 0.3) is 0 Å². The fourth-order valence-corrected chi connectivity index (χ4v) is 2.98. The third-order valence-corrected chi connectivity index (χ3v) is 4.57. The monoisotopic (exact) mass is 370 g/mol. The Morgan fingerprint density at radius 2 is 1.89 bits per heavy atom. The topological polar surface area (TPSA) is 88.8 Å². The molecule has 142 valence electrons. The first-order valence-electron chi connectivity index (χ1n) is 8.84. The van der Waals surface area contributed by atoms with Crippen molar-refractivity contribution in [3.8, 4) is 0 Å². The van der Waals surface area contributed by atoms with Gasteiger partial charge in [0.1, 0.15) is 6.10 Å². The Hall–Kier alpha value is -3.00. The molecule has 0 saturated carbocycles. The maximum Gasteiger partial charge on any atom is 0.363 e. The molecule has 2 heterocycles. The predicted molar refractivity (Wildman–Crippen MR) is 100 cm³/mol. The van der Waals surface area contributed by atoms with Crippen molar-refractivity contribution >= 4 is 17.4 Å². The molecule has 2 aromatic rings. The van der Waals surface area contributed by atoms with Crippen LogP contribution in [-0.4, -0.2) is 53.0 Å². The van der Waals surface area contributed by atoms with Crippen molar-refractivity contribution in [2.45, 2.75) is 19.6 Å². The van der Waals surface area contributed by atoms with E-state index in [1.54, 1.807) is 17.9 Å². The van der Waals surface area contributed by atoms with Gasteiger partial charge in [-0.1, -0.05) is 30.3 Å². The van der Waals surface area contributed by atoms with Gasteiger partial charge in [0, 0.05) is 32.2 Å². The van der Waals surface area contributed by atoms with E-state index >= 15 is 0 Å². The molecule has 1 aliphatic heterocycles. The van der Waals surface area contributed by atoms with Gasteiger partial charge in [-0.2, -0.15) is 0 Å². The number of aromatic nitrogens is 1. The number of nitro groups is 1. The SMILES string of the molecule is CC(OCc1ccccc1)C(=O)N1CCN(c2ccc([N+](=O)[O-])nc2)CC1. The number of piperazine rings is 1. The predicted octanol–water partition coefficient (Wildman–Crippen LogP) is 2.24. The highest BCUT2D eigenvalue weighted by atomic mass is 16.6. The van der Waals surface area contributed by atoms with Gasteiger partial charge in [-0.3, -0.25) is 4.79 Å². The van der Waals surface area contributed by atoms with E-state index in [4.69, 9.17) is 4.74 Å². The molecule has 0 aliphatic carbocycles. The number of hydrogen-bond acceptors (Lipinski definition) is 6. The minimum absolute atomic E-state index is 0.0209. The quantitative estimate of drug-likeness (QED) is 0.572. The molecule has 0 bridgehead atoms. The standard InChI is InChI=1S/C19H22N4O4/c1-15(27-14-16-5-3-2-4-6-16)19(24)22-11-9-21(10-12-22)17-7-8-18(20-13-17)23(25)26/h2-8,13,15H,9-12,14H2,1H3. The number of benzene rings is 1. The Morgan fingerprint density at radius 3 is 2.48 bits per heavy atom. The summed E-state index contributed by atoms with van der Waals surface area (Å²) >= 11 is 0. The molecule has 0 spiro atoms. The first-order valence-corrected chi connectivity index (χ1v) is 8.84. The molecule has 8 heteroatoms. The summed E-state index contributed by atoms with van der Waals surface area (Å²) in [5.74, 6) is -0.190. The van der Waals surface area contributed by atoms with E-state index in [2.05, 4.69) is 9.88 Å². The third kappa shape index (κ3) is 4.79. The maximum absolute atomic E-state index is 12.6. The van der Waals surface area contributed by atoms with E-state index in [1.165, 1.54) is 12.3 Å². The molecule has 1 aliphatic rings. The van der Waals surface area contributed by atoms with Crippen molar-refractivity contribution in [1.29, 1.82) is 0 Å². The van der Waals surface area contributed by atoms with E-state index in [1.807, 2.05) is 30.3 Å². The lowest BCUT2D eigenvalue weighted by molar-refractivity contribution is -0.389. The van der Waals surface area contributed by atoms with Crippen LogP contribution in [0.4, 0.5) is 11.5 Å². The fourth-order valence-electron chi connectivity index (χ4n) is 2.98. The smallest absolute Gasteiger partial charge is 0.363 e. The Kier molecular flexibility index (Phi) is 5.97. The summed E-state index contributed by atoms with van der Waals surface area (Å²) in [6, 6.07) is 12.8. The van der Waals surface area contributed by atoms with Gasteiger partial charge in [-0.05, 0) is 28.5 Å². The zero-order valence-corrected chi connectivity index (χ0v) is 15.2. The Labute approximate surface area is 157 Å². The number of anilines is 1. The summed E-state index contributed by atoms with van der Waals surface area (Å²) in [7, 11) is 0. The summed E-state index contributed by atoms with van der Waals surface area (Å²) in [6.07, 6.45) is 0.999. The molecule has 1 saturated heterocycles. The molecule has 1 aromatic heterocycles. The van der Waals surface area contributed by atoms with Crippen LogP contribution < -0.4 is 4.90 Å². The molecule has 1 fully saturated rings. The van der Waals surface area contributed by atoms with Crippen molar-refractivity contribution in [2.75, 3.05) is 31.1 Å². The molecular weight excluding hydrogens is 348 g/mol. The zero-order valence-electron chi connectivity index (χ0n) is 15.2. The lowest BCUT2D eigenvalue weighted by Gasteiger charge is -2.36. The normalized spacial score (nSPS) is 15.4. The van der Waals surface area contributed by atoms with Gasteiger partial charge >= 0.3 is 5.82 Å². The van der Waals surface area contributed by atoms with Crippen molar-refractivity contribution in [1.82, 2.24) is 9.88 Å². The van der Waals surface area contributed by atoms with Crippen molar-refractivity contribution in [3.63, 3.8) is 0 Å². The number of ether oxygens (including phenoxy) is 1. The van der Waals surface area contributed by atoms with Crippen LogP contribution in [0.2, 0.25) is 0 Å². The number of rotatable bonds is 6. The van der Waals surface area contributed by atoms with Crippen LogP contribution in [-0.2, 0) is 16.1 Å². The summed E-state index contributed by atoms with van der Waals surface area (Å²) in [5.41, 5.74) is 1.86. The van der Waals surface area contributed by atoms with Gasteiger partial charge in [-0.25, -0.2) is 0 Å². The summed E-state index contributed by atoms with van der Waals surface area (Å²) in [5, 5.41) is 10.7. The Morgan fingerprint density at radius 1 is 1.19 bits per heavy atom. The lowest BCUT2D eigenvalue weighted by atomic mass is 10.2. The van der Waals surface area contributed by atoms with Gasteiger partial charge in [-0.15, -0.1) is 0 Å². The molecular formula is C19H22N4O4. The lowest BCUT2D eigenvalue weighted by Crippen LogP contribution is -2.51. The molecule has 1 amide bonds. The first-order chi connectivity index (χ1) is 13.0. The molecule has 27 heavy (non-hydrogen) atoms. The number of hydrogen-bond donors (Lipinski definition) is 0. The number of amides is 1. The van der Waals surface area contributed by atoms with Crippen LogP contribution in [0.5, 0.6) is 0 Å². The Balaban J connectivity index is 1.49. The fraction of sp³-hybridized carbons (Fsp3) is 0.368. The highest BCUT2D eigenvalue weighted by Crippen LogP contribution is 2.18. The average molecular weight is 370 g/mol. The van der Waals surface area contributed by atoms with Gasteiger partial charge in [0.15, 0.2) is 6.20 Å². The number of carbonyl (C=O) groups is 1. The van der Waals surface area contributed by atoms with Crippen molar-refractivity contribution in [2.24, 2.45) is 0 Å². The maximum atomic E-state index is 12.6. The molecule has 3 rings (SSSR count). The second-order valence-electron chi connectivity index (χ2n) is 6.38. The summed E-state index contributed by atoms with van der Waals surface area (Å²) in [4.78, 5) is 30.5. The van der Waals surface area contributed by atoms with Crippen LogP contribution in [0.1, 0.15) is 12.5 Å². The minimum atomic E-state index is -0.517. The molecule has 1 atom stereocenters. The molecule has 1 unspecified atom stereocenters. The van der Waals surface area contributed by atoms with Crippen LogP contribution >= 0.6 is 0 Å². The van der Waals surface area contributed by atoms with E-state index in [0.717, 1.165) is 11.3 Å². The third-order valence-electron chi connectivity index (χ3n) is 4.57. The highest BCUT2D eigenvalue weighted by molar-refractivity contribution is 5.80. The van der Waals surface area contributed by atoms with Gasteiger partial charge in [0.05, 0.1) is 12.3 Å². The Bertz CT molecular complexity index is 774. The second kappa shape index (κ2) is 8.59. The number of nitrogens with zero attached hydrogens (tertiary/aromatic N) is 4. The number of pyridine rings is 1. The van der Waals surface area contributed by atoms with Crippen molar-refractivity contribution in [3.05, 3.63) is 64.3 Å². The van der Waals surface area contributed by atoms with E-state index < -0.39 is 11.0 Å². The van der Waals surface area contributed by atoms with Crippen molar-refractivity contribution < 1.29 is 14.5 Å². The van der Waals surface area contributed by atoms with E-state index in [9.17, 15) is 14.9 Å². The summed E-state index contributed by atoms with van der Waals surface area (Å²) in [6.45, 7) is 4.64. The van der Waals surface area contributed by atoms with Crippen LogP contribution in [0.15, 0.2) is 48.7 Å². The van der Waals surface area contributed by atoms with E-state index in [-0.39, 0.29) is 11.7 Å². The molecule has 1 aromatic carbocycles. The minimum Gasteiger partial charge on any atom is -0.365 e. The zero-order chi connectivity index (χ0) is 19.2. The second-order valence-corrected chi connectivity index (χ2v) is 6.38. The molecule has 0 radical (unpaired) electrons.